The largest absolute Gasteiger partial charge is 0.344 e. The first-order chi connectivity index (χ1) is 6.90. The number of hydrogen-bond donors (Lipinski definition) is 0. The standard InChI is InChI=1S/C10H10BrNO2/c11-5-8-6-13-10(14-7-8)9-1-3-12-4-2-9/h1-5,10H,6-7H2. The van der Waals surface area contributed by atoms with Gasteiger partial charge >= 0.3 is 0 Å². The molecule has 14 heavy (non-hydrogen) atoms. The van der Waals surface area contributed by atoms with Crippen molar-refractivity contribution in [2.24, 2.45) is 0 Å². The van der Waals surface area contributed by atoms with Crippen LogP contribution in [0, 0.1) is 0 Å². The van der Waals surface area contributed by atoms with Crippen molar-refractivity contribution in [1.29, 1.82) is 0 Å². The Labute approximate surface area is 90.9 Å². The molecule has 4 heteroatoms. The first kappa shape index (κ1) is 9.83. The highest BCUT2D eigenvalue weighted by molar-refractivity contribution is 9.11. The molecule has 0 bridgehead atoms. The molecule has 1 aliphatic heterocycles. The van der Waals surface area contributed by atoms with Gasteiger partial charge in [0, 0.05) is 18.0 Å². The molecular weight excluding hydrogens is 246 g/mol. The van der Waals surface area contributed by atoms with E-state index in [1.807, 2.05) is 17.1 Å². The zero-order valence-electron chi connectivity index (χ0n) is 7.52. The predicted molar refractivity (Wildman–Crippen MR) is 55.9 cm³/mol. The molecule has 0 radical (unpaired) electrons. The smallest absolute Gasteiger partial charge is 0.184 e. The third-order valence-electron chi connectivity index (χ3n) is 1.97. The van der Waals surface area contributed by atoms with Crippen LogP contribution in [0.4, 0.5) is 0 Å². The Bertz CT molecular complexity index is 316. The first-order valence-electron chi connectivity index (χ1n) is 4.31. The molecule has 74 valence electrons. The van der Waals surface area contributed by atoms with Gasteiger partial charge in [-0.3, -0.25) is 4.98 Å². The molecule has 1 fully saturated rings. The molecule has 1 saturated heterocycles. The lowest BCUT2D eigenvalue weighted by molar-refractivity contribution is -0.160. The van der Waals surface area contributed by atoms with Crippen LogP contribution in [0.3, 0.4) is 0 Å². The molecule has 0 N–H and O–H groups in total. The topological polar surface area (TPSA) is 31.4 Å². The Hall–Kier alpha value is -0.710. The molecule has 0 unspecified atom stereocenters. The van der Waals surface area contributed by atoms with Crippen LogP contribution >= 0.6 is 15.9 Å². The molecule has 1 aromatic rings. The van der Waals surface area contributed by atoms with Gasteiger partial charge in [0.05, 0.1) is 13.2 Å². The fourth-order valence-electron chi connectivity index (χ4n) is 1.23. The summed E-state index contributed by atoms with van der Waals surface area (Å²) in [6.07, 6.45) is 3.21. The Morgan fingerprint density at radius 1 is 1.29 bits per heavy atom. The second kappa shape index (κ2) is 4.68. The molecule has 0 aromatic carbocycles. The Morgan fingerprint density at radius 3 is 2.50 bits per heavy atom. The maximum absolute atomic E-state index is 5.52. The SMILES string of the molecule is BrC=C1COC(c2ccncc2)OC1. The lowest BCUT2D eigenvalue weighted by Crippen LogP contribution is -2.20. The van der Waals surface area contributed by atoms with Crippen LogP contribution in [-0.4, -0.2) is 18.2 Å². The zero-order valence-corrected chi connectivity index (χ0v) is 9.11. The number of hydrogen-bond acceptors (Lipinski definition) is 3. The summed E-state index contributed by atoms with van der Waals surface area (Å²) in [6, 6.07) is 3.79. The first-order valence-corrected chi connectivity index (χ1v) is 5.23. The quantitative estimate of drug-likeness (QED) is 0.773. The molecule has 3 nitrogen and oxygen atoms in total. The van der Waals surface area contributed by atoms with Gasteiger partial charge in [0.15, 0.2) is 6.29 Å². The van der Waals surface area contributed by atoms with Gasteiger partial charge in [0.25, 0.3) is 0 Å². The van der Waals surface area contributed by atoms with Gasteiger partial charge in [0.2, 0.25) is 0 Å². The van der Waals surface area contributed by atoms with Crippen LogP contribution in [0.25, 0.3) is 0 Å². The Morgan fingerprint density at radius 2 is 1.93 bits per heavy atom. The van der Waals surface area contributed by atoms with E-state index in [4.69, 9.17) is 9.47 Å². The van der Waals surface area contributed by atoms with Gasteiger partial charge in [0.1, 0.15) is 0 Å². The summed E-state index contributed by atoms with van der Waals surface area (Å²) >= 11 is 3.26. The van der Waals surface area contributed by atoms with Crippen molar-refractivity contribution in [2.75, 3.05) is 13.2 Å². The molecule has 2 rings (SSSR count). The van der Waals surface area contributed by atoms with Crippen molar-refractivity contribution in [3.8, 4) is 0 Å². The van der Waals surface area contributed by atoms with Crippen LogP contribution in [0.1, 0.15) is 11.9 Å². The van der Waals surface area contributed by atoms with E-state index in [9.17, 15) is 0 Å². The molecule has 0 aliphatic carbocycles. The normalized spacial score (nSPS) is 22.1. The summed E-state index contributed by atoms with van der Waals surface area (Å²) < 4.78 is 11.0. The maximum Gasteiger partial charge on any atom is 0.184 e. The molecular formula is C10H10BrNO2. The van der Waals surface area contributed by atoms with E-state index in [-0.39, 0.29) is 6.29 Å². The fraction of sp³-hybridized carbons (Fsp3) is 0.300. The molecule has 0 atom stereocenters. The van der Waals surface area contributed by atoms with E-state index in [1.54, 1.807) is 12.4 Å². The lowest BCUT2D eigenvalue weighted by atomic mass is 10.2. The second-order valence-corrected chi connectivity index (χ2v) is 3.46. The third kappa shape index (κ3) is 2.20. The summed E-state index contributed by atoms with van der Waals surface area (Å²) in [5.41, 5.74) is 2.11. The molecule has 2 heterocycles. The summed E-state index contributed by atoms with van der Waals surface area (Å²) in [6.45, 7) is 1.22. The van der Waals surface area contributed by atoms with Gasteiger partial charge in [-0.15, -0.1) is 0 Å². The number of rotatable bonds is 1. The number of halogens is 1. The summed E-state index contributed by atoms with van der Waals surface area (Å²) in [4.78, 5) is 5.78. The Balaban J connectivity index is 2.03. The van der Waals surface area contributed by atoms with Gasteiger partial charge in [-0.1, -0.05) is 15.9 Å². The highest BCUT2D eigenvalue weighted by Crippen LogP contribution is 2.24. The van der Waals surface area contributed by atoms with Crippen molar-refractivity contribution in [3.63, 3.8) is 0 Å². The number of nitrogens with zero attached hydrogens (tertiary/aromatic N) is 1. The number of pyridine rings is 1. The molecule has 1 aliphatic rings. The molecule has 0 spiro atoms. The summed E-state index contributed by atoms with van der Waals surface area (Å²) in [5, 5.41) is 0. The molecule has 1 aromatic heterocycles. The lowest BCUT2D eigenvalue weighted by Gasteiger charge is -2.24. The molecule has 0 amide bonds. The van der Waals surface area contributed by atoms with Gasteiger partial charge in [-0.05, 0) is 22.7 Å². The van der Waals surface area contributed by atoms with E-state index >= 15 is 0 Å². The minimum atomic E-state index is -0.255. The van der Waals surface area contributed by atoms with Gasteiger partial charge < -0.3 is 9.47 Å². The van der Waals surface area contributed by atoms with Crippen LogP contribution in [0.15, 0.2) is 35.1 Å². The average Bonchev–Trinajstić information content (AvgIpc) is 2.30. The maximum atomic E-state index is 5.52. The van der Waals surface area contributed by atoms with E-state index in [0.29, 0.717) is 13.2 Å². The highest BCUT2D eigenvalue weighted by Gasteiger charge is 2.18. The highest BCUT2D eigenvalue weighted by atomic mass is 79.9. The Kier molecular flexibility index (Phi) is 3.29. The van der Waals surface area contributed by atoms with Crippen molar-refractivity contribution in [1.82, 2.24) is 4.98 Å². The minimum Gasteiger partial charge on any atom is -0.344 e. The minimum absolute atomic E-state index is 0.255. The summed E-state index contributed by atoms with van der Waals surface area (Å²) in [7, 11) is 0. The van der Waals surface area contributed by atoms with Gasteiger partial charge in [-0.25, -0.2) is 0 Å². The zero-order chi connectivity index (χ0) is 9.80. The van der Waals surface area contributed by atoms with Crippen molar-refractivity contribution in [2.45, 2.75) is 6.29 Å². The van der Waals surface area contributed by atoms with E-state index in [2.05, 4.69) is 20.9 Å². The van der Waals surface area contributed by atoms with Crippen LogP contribution in [-0.2, 0) is 9.47 Å². The summed E-state index contributed by atoms with van der Waals surface area (Å²) in [5.74, 6) is 0. The monoisotopic (exact) mass is 255 g/mol. The number of aromatic nitrogens is 1. The van der Waals surface area contributed by atoms with Crippen LogP contribution in [0.2, 0.25) is 0 Å². The third-order valence-corrected chi connectivity index (χ3v) is 2.62. The van der Waals surface area contributed by atoms with E-state index < -0.39 is 0 Å². The van der Waals surface area contributed by atoms with Crippen molar-refractivity contribution >= 4 is 15.9 Å². The predicted octanol–water partition coefficient (Wildman–Crippen LogP) is 2.41. The average molecular weight is 256 g/mol. The second-order valence-electron chi connectivity index (χ2n) is 3.00. The van der Waals surface area contributed by atoms with Crippen molar-refractivity contribution in [3.05, 3.63) is 40.6 Å². The van der Waals surface area contributed by atoms with Crippen LogP contribution in [0.5, 0.6) is 0 Å². The fourth-order valence-corrected chi connectivity index (χ4v) is 1.50. The van der Waals surface area contributed by atoms with Crippen LogP contribution < -0.4 is 0 Å². The van der Waals surface area contributed by atoms with Crippen molar-refractivity contribution < 1.29 is 9.47 Å². The van der Waals surface area contributed by atoms with E-state index in [1.165, 1.54) is 0 Å². The van der Waals surface area contributed by atoms with Gasteiger partial charge in [-0.2, -0.15) is 0 Å². The van der Waals surface area contributed by atoms with E-state index in [0.717, 1.165) is 11.1 Å². The number of ether oxygens (including phenoxy) is 2. The molecule has 0 saturated carbocycles.